The highest BCUT2D eigenvalue weighted by atomic mass is 16.2. The van der Waals surface area contributed by atoms with Crippen LogP contribution in [0.2, 0.25) is 0 Å². The smallest absolute Gasteiger partial charge is 0.255 e. The number of rotatable bonds is 4. The molecular formula is C22H25N5O. The Labute approximate surface area is 165 Å². The molecule has 0 radical (unpaired) electrons. The zero-order valence-corrected chi connectivity index (χ0v) is 16.4. The molecule has 0 aromatic carbocycles. The third kappa shape index (κ3) is 3.81. The highest BCUT2D eigenvalue weighted by Crippen LogP contribution is 2.25. The van der Waals surface area contributed by atoms with Crippen molar-refractivity contribution in [2.45, 2.75) is 33.2 Å². The molecule has 3 aromatic rings. The summed E-state index contributed by atoms with van der Waals surface area (Å²) in [7, 11) is 0. The second-order valence-electron chi connectivity index (χ2n) is 7.50. The van der Waals surface area contributed by atoms with Gasteiger partial charge in [0.1, 0.15) is 5.82 Å². The van der Waals surface area contributed by atoms with Gasteiger partial charge in [0.05, 0.1) is 5.56 Å². The van der Waals surface area contributed by atoms with Crippen LogP contribution in [0.5, 0.6) is 0 Å². The van der Waals surface area contributed by atoms with Crippen LogP contribution in [0.15, 0.2) is 49.1 Å². The molecule has 1 aliphatic rings. The number of carbonyl (C=O) groups is 1. The maximum absolute atomic E-state index is 12.7. The lowest BCUT2D eigenvalue weighted by molar-refractivity contribution is 0.0682. The number of aromatic nitrogens is 4. The predicted molar refractivity (Wildman–Crippen MR) is 108 cm³/mol. The SMILES string of the molecule is Cc1ccc(C(=O)N2CCC(Cn3c(C)cnc3-c3cccnc3)CC2)cn1. The molecule has 0 spiro atoms. The molecule has 1 amide bonds. The minimum atomic E-state index is 0.0841. The molecule has 0 unspecified atom stereocenters. The first-order chi connectivity index (χ1) is 13.6. The van der Waals surface area contributed by atoms with E-state index < -0.39 is 0 Å². The van der Waals surface area contributed by atoms with Crippen LogP contribution in [0.25, 0.3) is 11.4 Å². The summed E-state index contributed by atoms with van der Waals surface area (Å²) >= 11 is 0. The summed E-state index contributed by atoms with van der Waals surface area (Å²) in [5, 5.41) is 0. The molecule has 3 aromatic heterocycles. The van der Waals surface area contributed by atoms with Crippen molar-refractivity contribution in [3.63, 3.8) is 0 Å². The fourth-order valence-electron chi connectivity index (χ4n) is 3.77. The van der Waals surface area contributed by atoms with Crippen LogP contribution in [0, 0.1) is 19.8 Å². The van der Waals surface area contributed by atoms with E-state index >= 15 is 0 Å². The van der Waals surface area contributed by atoms with Gasteiger partial charge in [0.15, 0.2) is 0 Å². The molecule has 0 bridgehead atoms. The van der Waals surface area contributed by atoms with E-state index in [4.69, 9.17) is 0 Å². The van der Waals surface area contributed by atoms with Crippen molar-refractivity contribution in [3.8, 4) is 11.4 Å². The van der Waals surface area contributed by atoms with E-state index in [9.17, 15) is 4.79 Å². The number of piperidine rings is 1. The number of carbonyl (C=O) groups excluding carboxylic acids is 1. The predicted octanol–water partition coefficient (Wildman–Crippen LogP) is 3.51. The second-order valence-corrected chi connectivity index (χ2v) is 7.50. The Bertz CT molecular complexity index is 941. The zero-order valence-electron chi connectivity index (χ0n) is 16.4. The average Bonchev–Trinajstić information content (AvgIpc) is 3.09. The largest absolute Gasteiger partial charge is 0.339 e. The average molecular weight is 375 g/mol. The van der Waals surface area contributed by atoms with Crippen molar-refractivity contribution in [3.05, 3.63) is 66.0 Å². The van der Waals surface area contributed by atoms with Gasteiger partial charge >= 0.3 is 0 Å². The van der Waals surface area contributed by atoms with E-state index in [0.29, 0.717) is 11.5 Å². The van der Waals surface area contributed by atoms with Gasteiger partial charge in [-0.15, -0.1) is 0 Å². The van der Waals surface area contributed by atoms with Gasteiger partial charge < -0.3 is 9.47 Å². The number of hydrogen-bond donors (Lipinski definition) is 0. The van der Waals surface area contributed by atoms with Gasteiger partial charge in [-0.1, -0.05) is 0 Å². The quantitative estimate of drug-likeness (QED) is 0.700. The van der Waals surface area contributed by atoms with E-state index in [1.54, 1.807) is 12.4 Å². The highest BCUT2D eigenvalue weighted by molar-refractivity contribution is 5.93. The zero-order chi connectivity index (χ0) is 19.5. The van der Waals surface area contributed by atoms with Crippen molar-refractivity contribution in [1.29, 1.82) is 0 Å². The molecule has 1 fully saturated rings. The van der Waals surface area contributed by atoms with Crippen molar-refractivity contribution in [1.82, 2.24) is 24.4 Å². The molecule has 0 N–H and O–H groups in total. The van der Waals surface area contributed by atoms with Crippen LogP contribution in [-0.4, -0.2) is 43.4 Å². The summed E-state index contributed by atoms with van der Waals surface area (Å²) in [4.78, 5) is 27.7. The maximum Gasteiger partial charge on any atom is 0.255 e. The van der Waals surface area contributed by atoms with Crippen LogP contribution >= 0.6 is 0 Å². The monoisotopic (exact) mass is 375 g/mol. The summed E-state index contributed by atoms with van der Waals surface area (Å²) in [5.41, 5.74) is 3.79. The fraction of sp³-hybridized carbons (Fsp3) is 0.364. The highest BCUT2D eigenvalue weighted by Gasteiger charge is 2.25. The Morgan fingerprint density at radius 2 is 1.89 bits per heavy atom. The molecule has 0 saturated carbocycles. The molecule has 0 atom stereocenters. The summed E-state index contributed by atoms with van der Waals surface area (Å²) in [6, 6.07) is 7.74. The van der Waals surface area contributed by atoms with Crippen LogP contribution < -0.4 is 0 Å². The lowest BCUT2D eigenvalue weighted by atomic mass is 9.96. The normalized spacial score (nSPS) is 15.0. The van der Waals surface area contributed by atoms with E-state index in [1.165, 1.54) is 0 Å². The first-order valence-corrected chi connectivity index (χ1v) is 9.76. The van der Waals surface area contributed by atoms with Crippen molar-refractivity contribution < 1.29 is 4.79 Å². The van der Waals surface area contributed by atoms with E-state index in [2.05, 4.69) is 26.4 Å². The van der Waals surface area contributed by atoms with Crippen LogP contribution in [0.1, 0.15) is 34.6 Å². The number of likely N-dealkylation sites (tertiary alicyclic amines) is 1. The summed E-state index contributed by atoms with van der Waals surface area (Å²) in [6.07, 6.45) is 9.23. The molecule has 144 valence electrons. The van der Waals surface area contributed by atoms with Crippen molar-refractivity contribution >= 4 is 5.91 Å². The molecule has 1 saturated heterocycles. The third-order valence-electron chi connectivity index (χ3n) is 5.48. The summed E-state index contributed by atoms with van der Waals surface area (Å²) in [6.45, 7) is 6.51. The van der Waals surface area contributed by atoms with Crippen LogP contribution in [0.4, 0.5) is 0 Å². The number of aryl methyl sites for hydroxylation is 2. The van der Waals surface area contributed by atoms with Crippen molar-refractivity contribution in [2.75, 3.05) is 13.1 Å². The van der Waals surface area contributed by atoms with E-state index in [0.717, 1.165) is 55.3 Å². The molecule has 6 nitrogen and oxygen atoms in total. The maximum atomic E-state index is 12.7. The second kappa shape index (κ2) is 7.92. The van der Waals surface area contributed by atoms with Gasteiger partial charge in [0.25, 0.3) is 5.91 Å². The molecule has 0 aliphatic carbocycles. The molecular weight excluding hydrogens is 350 g/mol. The van der Waals surface area contributed by atoms with Crippen LogP contribution in [-0.2, 0) is 6.54 Å². The van der Waals surface area contributed by atoms with Gasteiger partial charge in [-0.25, -0.2) is 4.98 Å². The Hall–Kier alpha value is -3.02. The minimum Gasteiger partial charge on any atom is -0.339 e. The molecule has 4 heterocycles. The van der Waals surface area contributed by atoms with Gasteiger partial charge in [-0.3, -0.25) is 14.8 Å². The van der Waals surface area contributed by atoms with Gasteiger partial charge in [0.2, 0.25) is 0 Å². The topological polar surface area (TPSA) is 63.9 Å². The molecule has 6 heteroatoms. The summed E-state index contributed by atoms with van der Waals surface area (Å²) in [5.74, 6) is 1.58. The number of amides is 1. The van der Waals surface area contributed by atoms with E-state index in [-0.39, 0.29) is 5.91 Å². The van der Waals surface area contributed by atoms with E-state index in [1.807, 2.05) is 48.5 Å². The standard InChI is InChI=1S/C22H25N5O/c1-16-5-6-20(14-24-16)22(28)26-10-7-18(8-11-26)15-27-17(2)12-25-21(27)19-4-3-9-23-13-19/h3-6,9,12-14,18H,7-8,10-11,15H2,1-2H3. The lowest BCUT2D eigenvalue weighted by Crippen LogP contribution is -2.39. The van der Waals surface area contributed by atoms with Crippen molar-refractivity contribution in [2.24, 2.45) is 5.92 Å². The molecule has 28 heavy (non-hydrogen) atoms. The Balaban J connectivity index is 1.41. The van der Waals surface area contributed by atoms with Gasteiger partial charge in [0, 0.05) is 61.4 Å². The van der Waals surface area contributed by atoms with Gasteiger partial charge in [-0.05, 0) is 56.9 Å². The van der Waals surface area contributed by atoms with Gasteiger partial charge in [-0.2, -0.15) is 0 Å². The fourth-order valence-corrected chi connectivity index (χ4v) is 3.77. The third-order valence-corrected chi connectivity index (χ3v) is 5.48. The molecule has 1 aliphatic heterocycles. The lowest BCUT2D eigenvalue weighted by Gasteiger charge is -2.32. The molecule has 4 rings (SSSR count). The summed E-state index contributed by atoms with van der Waals surface area (Å²) < 4.78 is 2.28. The Morgan fingerprint density at radius 3 is 2.57 bits per heavy atom. The Kier molecular flexibility index (Phi) is 5.19. The number of imidazole rings is 1. The Morgan fingerprint density at radius 1 is 1.07 bits per heavy atom. The minimum absolute atomic E-state index is 0.0841. The number of pyridine rings is 2. The first kappa shape index (κ1) is 18.3. The number of hydrogen-bond acceptors (Lipinski definition) is 4. The van der Waals surface area contributed by atoms with Crippen LogP contribution in [0.3, 0.4) is 0 Å². The number of nitrogens with zero attached hydrogens (tertiary/aromatic N) is 5. The first-order valence-electron chi connectivity index (χ1n) is 9.76.